The molecule has 0 atom stereocenters. The summed E-state index contributed by atoms with van der Waals surface area (Å²) in [5, 5.41) is 0. The molecule has 0 fully saturated rings. The van der Waals surface area contributed by atoms with E-state index in [2.05, 4.69) is 26.0 Å². The van der Waals surface area contributed by atoms with Gasteiger partial charge in [-0.1, -0.05) is 198 Å². The maximum atomic E-state index is 13.0. The zero-order valence-electron chi connectivity index (χ0n) is 35.4. The van der Waals surface area contributed by atoms with Gasteiger partial charge in [-0.05, 0) is 50.7 Å². The van der Waals surface area contributed by atoms with Gasteiger partial charge in [0.25, 0.3) is 0 Å². The molecule has 0 amide bonds. The number of carbonyl (C=O) groups is 2. The molecule has 0 saturated carbocycles. The summed E-state index contributed by atoms with van der Waals surface area (Å²) in [5.74, 6) is -1.89. The Balaban J connectivity index is 0.0000292. The Labute approximate surface area is 359 Å². The monoisotopic (exact) mass is 797 g/mol. The summed E-state index contributed by atoms with van der Waals surface area (Å²) in [5.41, 5.74) is -0.850. The first-order valence-electron chi connectivity index (χ1n) is 22.1. The van der Waals surface area contributed by atoms with E-state index in [0.29, 0.717) is 12.8 Å². The summed E-state index contributed by atoms with van der Waals surface area (Å²) in [7, 11) is -5.03. The van der Waals surface area contributed by atoms with Crippen molar-refractivity contribution in [2.75, 3.05) is 13.2 Å². The maximum absolute atomic E-state index is 13.0. The van der Waals surface area contributed by atoms with Crippen LogP contribution in [0.15, 0.2) is 47.4 Å². The molecule has 0 saturated heterocycles. The van der Waals surface area contributed by atoms with Gasteiger partial charge in [-0.3, -0.25) is 0 Å². The standard InChI is InChI=1S/C46H78O7S.Na/c1-3-5-7-9-11-13-15-17-19-21-23-25-27-29-31-33-35-40-52-45(47)42-38-37-39-43(54(49,50)51)44(42)46(48)53-41-36-34-32-30-28-26-24-22-20-18-16-14-12-10-8-6-4-2;/h31-34,37-39H,3-30,35-36,40-41H2,1-2H3,(H,49,50,51);/q;+1/p-1/b33-31+,34-32+;. The van der Waals surface area contributed by atoms with Gasteiger partial charge in [0.2, 0.25) is 0 Å². The van der Waals surface area contributed by atoms with E-state index in [0.717, 1.165) is 31.7 Å². The van der Waals surface area contributed by atoms with Crippen molar-refractivity contribution < 1.29 is 61.6 Å². The summed E-state index contributed by atoms with van der Waals surface area (Å²) in [4.78, 5) is 25.1. The molecule has 7 nitrogen and oxygen atoms in total. The van der Waals surface area contributed by atoms with Crippen LogP contribution in [-0.4, -0.2) is 38.1 Å². The average molecular weight is 797 g/mol. The van der Waals surface area contributed by atoms with Gasteiger partial charge < -0.3 is 14.0 Å². The van der Waals surface area contributed by atoms with E-state index in [4.69, 9.17) is 9.47 Å². The molecule has 1 rings (SSSR count). The van der Waals surface area contributed by atoms with E-state index < -0.39 is 32.5 Å². The number of esters is 2. The SMILES string of the molecule is CCCCCCCCCCCCCCC/C=C/CCOC(=O)c1cccc(S(=O)(=O)[O-])c1C(=O)OCC/C=C/CCCCCCCCCCCCCCC.[Na+]. The fourth-order valence-electron chi connectivity index (χ4n) is 6.74. The Bertz CT molecular complexity index is 1240. The van der Waals surface area contributed by atoms with Gasteiger partial charge in [-0.15, -0.1) is 0 Å². The van der Waals surface area contributed by atoms with E-state index >= 15 is 0 Å². The Hall–Kier alpha value is -1.45. The molecular formula is C46H77NaO7S. The summed E-state index contributed by atoms with van der Waals surface area (Å²) >= 11 is 0. The van der Waals surface area contributed by atoms with Crippen molar-refractivity contribution in [3.05, 3.63) is 53.6 Å². The van der Waals surface area contributed by atoms with Crippen LogP contribution >= 0.6 is 0 Å². The zero-order chi connectivity index (χ0) is 39.4. The first kappa shape index (κ1) is 53.6. The second-order valence-electron chi connectivity index (χ2n) is 15.0. The molecule has 0 bridgehead atoms. The van der Waals surface area contributed by atoms with Gasteiger partial charge in [0.05, 0.1) is 29.2 Å². The molecule has 1 aromatic rings. The second-order valence-corrected chi connectivity index (χ2v) is 16.3. The number of unbranched alkanes of at least 4 members (excludes halogenated alkanes) is 26. The molecule has 1 aromatic carbocycles. The van der Waals surface area contributed by atoms with Crippen molar-refractivity contribution >= 4 is 22.1 Å². The topological polar surface area (TPSA) is 110 Å². The fourth-order valence-corrected chi connectivity index (χ4v) is 7.43. The van der Waals surface area contributed by atoms with Gasteiger partial charge in [0, 0.05) is 0 Å². The summed E-state index contributed by atoms with van der Waals surface area (Å²) in [6.07, 6.45) is 45.2. The number of hydrogen-bond acceptors (Lipinski definition) is 7. The number of benzene rings is 1. The predicted molar refractivity (Wildman–Crippen MR) is 223 cm³/mol. The smallest absolute Gasteiger partial charge is 0.744 e. The Morgan fingerprint density at radius 2 is 0.836 bits per heavy atom. The Kier molecular flexibility index (Phi) is 37.1. The van der Waals surface area contributed by atoms with Crippen molar-refractivity contribution in [3.8, 4) is 0 Å². The number of hydrogen-bond donors (Lipinski definition) is 0. The summed E-state index contributed by atoms with van der Waals surface area (Å²) in [6.45, 7) is 4.59. The molecule has 0 radical (unpaired) electrons. The molecule has 310 valence electrons. The molecule has 55 heavy (non-hydrogen) atoms. The van der Waals surface area contributed by atoms with Crippen molar-refractivity contribution in [2.45, 2.75) is 211 Å². The number of ether oxygens (including phenoxy) is 2. The van der Waals surface area contributed by atoms with Crippen LogP contribution in [0.5, 0.6) is 0 Å². The largest absolute Gasteiger partial charge is 1.00 e. The minimum absolute atomic E-state index is 0. The van der Waals surface area contributed by atoms with Crippen LogP contribution in [0.2, 0.25) is 0 Å². The molecule has 0 heterocycles. The Morgan fingerprint density at radius 3 is 1.20 bits per heavy atom. The van der Waals surface area contributed by atoms with Crippen LogP contribution in [0, 0.1) is 0 Å². The third-order valence-corrected chi connectivity index (χ3v) is 10.9. The summed E-state index contributed by atoms with van der Waals surface area (Å²) < 4.78 is 46.6. The third kappa shape index (κ3) is 30.3. The third-order valence-electron chi connectivity index (χ3n) is 10.0. The van der Waals surface area contributed by atoms with E-state index in [-0.39, 0.29) is 48.3 Å². The van der Waals surface area contributed by atoms with Crippen molar-refractivity contribution in [1.82, 2.24) is 0 Å². The van der Waals surface area contributed by atoms with E-state index in [1.54, 1.807) is 0 Å². The van der Waals surface area contributed by atoms with Crippen LogP contribution in [0.4, 0.5) is 0 Å². The number of carbonyl (C=O) groups excluding carboxylic acids is 2. The van der Waals surface area contributed by atoms with E-state index in [9.17, 15) is 22.6 Å². The molecule has 0 aliphatic carbocycles. The molecule has 0 aliphatic heterocycles. The zero-order valence-corrected chi connectivity index (χ0v) is 38.3. The van der Waals surface area contributed by atoms with Gasteiger partial charge in [0.15, 0.2) is 0 Å². The molecule has 0 aliphatic rings. The molecular weight excluding hydrogens is 720 g/mol. The maximum Gasteiger partial charge on any atom is 1.00 e. The Morgan fingerprint density at radius 1 is 0.509 bits per heavy atom. The molecule has 0 spiro atoms. The number of allylic oxidation sites excluding steroid dienone is 2. The van der Waals surface area contributed by atoms with Crippen molar-refractivity contribution in [2.24, 2.45) is 0 Å². The van der Waals surface area contributed by atoms with Crippen LogP contribution in [-0.2, 0) is 19.6 Å². The van der Waals surface area contributed by atoms with E-state index in [1.807, 2.05) is 12.2 Å². The molecule has 0 aromatic heterocycles. The molecule has 0 unspecified atom stereocenters. The minimum Gasteiger partial charge on any atom is -0.744 e. The quantitative estimate of drug-likeness (QED) is 0.0217. The van der Waals surface area contributed by atoms with Crippen molar-refractivity contribution in [3.63, 3.8) is 0 Å². The van der Waals surface area contributed by atoms with E-state index in [1.165, 1.54) is 166 Å². The second kappa shape index (κ2) is 38.1. The number of rotatable bonds is 37. The predicted octanol–water partition coefficient (Wildman–Crippen LogP) is 10.8. The first-order valence-corrected chi connectivity index (χ1v) is 23.5. The van der Waals surface area contributed by atoms with Gasteiger partial charge >= 0.3 is 41.5 Å². The van der Waals surface area contributed by atoms with Gasteiger partial charge in [0.1, 0.15) is 10.1 Å². The van der Waals surface area contributed by atoms with Crippen molar-refractivity contribution in [1.29, 1.82) is 0 Å². The van der Waals surface area contributed by atoms with Crippen LogP contribution in [0.3, 0.4) is 0 Å². The van der Waals surface area contributed by atoms with Gasteiger partial charge in [-0.25, -0.2) is 18.0 Å². The minimum atomic E-state index is -5.03. The van der Waals surface area contributed by atoms with Crippen LogP contribution in [0.1, 0.15) is 227 Å². The van der Waals surface area contributed by atoms with Gasteiger partial charge in [-0.2, -0.15) is 0 Å². The normalized spacial score (nSPS) is 11.7. The van der Waals surface area contributed by atoms with Crippen LogP contribution in [0.25, 0.3) is 0 Å². The first-order chi connectivity index (χ1) is 26.3. The fraction of sp³-hybridized carbons (Fsp3) is 0.739. The average Bonchev–Trinajstić information content (AvgIpc) is 3.16. The summed E-state index contributed by atoms with van der Waals surface area (Å²) in [6, 6.07) is 3.56. The molecule has 0 N–H and O–H groups in total. The molecule has 9 heteroatoms. The van der Waals surface area contributed by atoms with Crippen LogP contribution < -0.4 is 29.6 Å².